The molecule has 0 radical (unpaired) electrons. The lowest BCUT2D eigenvalue weighted by Gasteiger charge is -2.32. The van der Waals surface area contributed by atoms with Crippen LogP contribution in [-0.2, 0) is 24.3 Å². The van der Waals surface area contributed by atoms with Gasteiger partial charge in [-0.1, -0.05) is 38.5 Å². The third-order valence-electron chi connectivity index (χ3n) is 5.17. The highest BCUT2D eigenvalue weighted by Crippen LogP contribution is 2.24. The Labute approximate surface area is 161 Å². The first-order chi connectivity index (χ1) is 12.8. The van der Waals surface area contributed by atoms with Gasteiger partial charge < -0.3 is 10.1 Å². The van der Waals surface area contributed by atoms with Crippen molar-refractivity contribution >= 4 is 21.9 Å². The van der Waals surface area contributed by atoms with Crippen LogP contribution >= 0.6 is 0 Å². The monoisotopic (exact) mass is 396 g/mol. The van der Waals surface area contributed by atoms with Crippen LogP contribution in [0.4, 0.5) is 0 Å². The summed E-state index contributed by atoms with van der Waals surface area (Å²) in [6.07, 6.45) is 1.58. The Morgan fingerprint density at radius 1 is 1.22 bits per heavy atom. The summed E-state index contributed by atoms with van der Waals surface area (Å²) in [6, 6.07) is 7.61. The second-order valence-corrected chi connectivity index (χ2v) is 8.82. The van der Waals surface area contributed by atoms with Crippen molar-refractivity contribution in [2.45, 2.75) is 44.0 Å². The van der Waals surface area contributed by atoms with E-state index in [0.29, 0.717) is 12.8 Å². The third-order valence-corrected chi connectivity index (χ3v) is 7.08. The Kier molecular flexibility index (Phi) is 7.38. The molecule has 1 heterocycles. The number of sulfonamides is 1. The minimum Gasteiger partial charge on any atom is -0.467 e. The summed E-state index contributed by atoms with van der Waals surface area (Å²) in [7, 11) is -2.24. The number of hydrogen-bond acceptors (Lipinski definition) is 5. The molecular weight excluding hydrogens is 368 g/mol. The van der Waals surface area contributed by atoms with Gasteiger partial charge in [0.15, 0.2) is 0 Å². The number of hydrogen-bond donors (Lipinski definition) is 1. The number of rotatable bonds is 7. The van der Waals surface area contributed by atoms with E-state index in [4.69, 9.17) is 4.74 Å². The fourth-order valence-electron chi connectivity index (χ4n) is 3.17. The van der Waals surface area contributed by atoms with Crippen molar-refractivity contribution in [1.82, 2.24) is 9.62 Å². The molecule has 0 bridgehead atoms. The van der Waals surface area contributed by atoms with Gasteiger partial charge in [-0.2, -0.15) is 4.31 Å². The van der Waals surface area contributed by atoms with Gasteiger partial charge in [-0.25, -0.2) is 13.2 Å². The topological polar surface area (TPSA) is 92.8 Å². The van der Waals surface area contributed by atoms with E-state index < -0.39 is 22.0 Å². The van der Waals surface area contributed by atoms with Crippen molar-refractivity contribution in [2.75, 3.05) is 20.2 Å². The van der Waals surface area contributed by atoms with E-state index in [1.165, 1.54) is 11.4 Å². The van der Waals surface area contributed by atoms with Crippen LogP contribution in [0.5, 0.6) is 0 Å². The molecule has 0 spiro atoms. The Bertz CT molecular complexity index is 743. The number of benzene rings is 1. The largest absolute Gasteiger partial charge is 0.467 e. The number of piperidine rings is 1. The van der Waals surface area contributed by atoms with Crippen molar-refractivity contribution in [3.05, 3.63) is 30.3 Å². The molecular formula is C19H28N2O5S. The Morgan fingerprint density at radius 3 is 2.33 bits per heavy atom. The highest BCUT2D eigenvalue weighted by molar-refractivity contribution is 7.89. The van der Waals surface area contributed by atoms with Crippen molar-refractivity contribution in [1.29, 1.82) is 0 Å². The molecule has 1 aliphatic heterocycles. The van der Waals surface area contributed by atoms with Crippen LogP contribution in [0, 0.1) is 11.8 Å². The van der Waals surface area contributed by atoms with E-state index in [2.05, 4.69) is 5.32 Å². The lowest BCUT2D eigenvalue weighted by molar-refractivity contribution is -0.147. The standard InChI is InChI=1S/C19H28N2O5S/c1-4-14(2)17(19(23)26-3)20-18(22)15-10-12-21(13-11-15)27(24,25)16-8-6-5-7-9-16/h5-9,14-15,17H,4,10-13H2,1-3H3,(H,20,22)/t14-,17+/m1/s1. The van der Waals surface area contributed by atoms with Crippen molar-refractivity contribution in [3.8, 4) is 0 Å². The summed E-state index contributed by atoms with van der Waals surface area (Å²) < 4.78 is 31.5. The van der Waals surface area contributed by atoms with Crippen molar-refractivity contribution < 1.29 is 22.7 Å². The normalized spacial score (nSPS) is 18.5. The number of nitrogens with one attached hydrogen (secondary N) is 1. The van der Waals surface area contributed by atoms with E-state index in [0.717, 1.165) is 6.42 Å². The lowest BCUT2D eigenvalue weighted by atomic mass is 9.94. The molecule has 1 saturated heterocycles. The maximum Gasteiger partial charge on any atom is 0.328 e. The molecule has 1 aliphatic rings. The van der Waals surface area contributed by atoms with Gasteiger partial charge in [0.05, 0.1) is 12.0 Å². The number of ether oxygens (including phenoxy) is 1. The van der Waals surface area contributed by atoms with Crippen molar-refractivity contribution in [3.63, 3.8) is 0 Å². The number of methoxy groups -OCH3 is 1. The van der Waals surface area contributed by atoms with E-state index in [-0.39, 0.29) is 35.7 Å². The molecule has 1 amide bonds. The number of nitrogens with zero attached hydrogens (tertiary/aromatic N) is 1. The predicted molar refractivity (Wildman–Crippen MR) is 101 cm³/mol. The average Bonchev–Trinajstić information content (AvgIpc) is 2.71. The van der Waals surface area contributed by atoms with Crippen molar-refractivity contribution in [2.24, 2.45) is 11.8 Å². The van der Waals surface area contributed by atoms with E-state index in [9.17, 15) is 18.0 Å². The van der Waals surface area contributed by atoms with E-state index >= 15 is 0 Å². The average molecular weight is 397 g/mol. The summed E-state index contributed by atoms with van der Waals surface area (Å²) in [5.74, 6) is -1.03. The fourth-order valence-corrected chi connectivity index (χ4v) is 4.66. The van der Waals surface area contributed by atoms with Crippen LogP contribution in [0.1, 0.15) is 33.1 Å². The zero-order chi connectivity index (χ0) is 20.0. The van der Waals surface area contributed by atoms with Crippen LogP contribution < -0.4 is 5.32 Å². The van der Waals surface area contributed by atoms with Crippen LogP contribution in [0.15, 0.2) is 35.2 Å². The molecule has 1 aromatic rings. The fraction of sp³-hybridized carbons (Fsp3) is 0.579. The van der Waals surface area contributed by atoms with Crippen LogP contribution in [0.3, 0.4) is 0 Å². The third kappa shape index (κ3) is 5.07. The number of carbonyl (C=O) groups excluding carboxylic acids is 2. The number of amides is 1. The lowest BCUT2D eigenvalue weighted by Crippen LogP contribution is -2.50. The highest BCUT2D eigenvalue weighted by atomic mass is 32.2. The van der Waals surface area contributed by atoms with Gasteiger partial charge in [-0.15, -0.1) is 0 Å². The van der Waals surface area contributed by atoms with Crippen LogP contribution in [0.2, 0.25) is 0 Å². The Hall–Kier alpha value is -1.93. The summed E-state index contributed by atoms with van der Waals surface area (Å²) in [4.78, 5) is 24.8. The van der Waals surface area contributed by atoms with E-state index in [1.807, 2.05) is 13.8 Å². The molecule has 27 heavy (non-hydrogen) atoms. The second-order valence-electron chi connectivity index (χ2n) is 6.89. The van der Waals surface area contributed by atoms with Gasteiger partial charge in [-0.3, -0.25) is 4.79 Å². The molecule has 7 nitrogen and oxygen atoms in total. The molecule has 150 valence electrons. The van der Waals surface area contributed by atoms with E-state index in [1.54, 1.807) is 30.3 Å². The molecule has 0 saturated carbocycles. The predicted octanol–water partition coefficient (Wildman–Crippen LogP) is 1.79. The van der Waals surface area contributed by atoms with Crippen LogP contribution in [0.25, 0.3) is 0 Å². The molecule has 0 aromatic heterocycles. The number of carbonyl (C=O) groups is 2. The molecule has 1 N–H and O–H groups in total. The minimum absolute atomic E-state index is 0.0417. The van der Waals surface area contributed by atoms with Gasteiger partial charge >= 0.3 is 5.97 Å². The summed E-state index contributed by atoms with van der Waals surface area (Å²) in [5, 5.41) is 2.79. The number of esters is 1. The Balaban J connectivity index is 1.98. The molecule has 0 unspecified atom stereocenters. The second kappa shape index (κ2) is 9.32. The first-order valence-electron chi connectivity index (χ1n) is 9.24. The molecule has 0 aliphatic carbocycles. The SMILES string of the molecule is CC[C@@H](C)[C@H](NC(=O)C1CCN(S(=O)(=O)c2ccccc2)CC1)C(=O)OC. The maximum atomic E-state index is 12.7. The smallest absolute Gasteiger partial charge is 0.328 e. The zero-order valence-electron chi connectivity index (χ0n) is 16.1. The molecule has 8 heteroatoms. The first kappa shape index (κ1) is 21.4. The molecule has 1 fully saturated rings. The minimum atomic E-state index is -3.54. The Morgan fingerprint density at radius 2 is 1.81 bits per heavy atom. The molecule has 1 aromatic carbocycles. The molecule has 2 atom stereocenters. The summed E-state index contributed by atoms with van der Waals surface area (Å²) in [5.41, 5.74) is 0. The van der Waals surface area contributed by atoms with Gasteiger partial charge in [0.2, 0.25) is 15.9 Å². The van der Waals surface area contributed by atoms with Gasteiger partial charge in [-0.05, 0) is 30.9 Å². The van der Waals surface area contributed by atoms with Gasteiger partial charge in [0, 0.05) is 19.0 Å². The van der Waals surface area contributed by atoms with Crippen LogP contribution in [-0.4, -0.2) is 50.8 Å². The maximum absolute atomic E-state index is 12.7. The first-order valence-corrected chi connectivity index (χ1v) is 10.7. The summed E-state index contributed by atoms with van der Waals surface area (Å²) >= 11 is 0. The summed E-state index contributed by atoms with van der Waals surface area (Å²) in [6.45, 7) is 4.39. The van der Waals surface area contributed by atoms with Gasteiger partial charge in [0.1, 0.15) is 6.04 Å². The molecule has 2 rings (SSSR count). The highest BCUT2D eigenvalue weighted by Gasteiger charge is 2.34. The zero-order valence-corrected chi connectivity index (χ0v) is 16.9. The quantitative estimate of drug-likeness (QED) is 0.710. The van der Waals surface area contributed by atoms with Gasteiger partial charge in [0.25, 0.3) is 0 Å².